The first-order valence-electron chi connectivity index (χ1n) is 7.79. The summed E-state index contributed by atoms with van der Waals surface area (Å²) in [7, 11) is 0. The van der Waals surface area contributed by atoms with E-state index in [0.717, 1.165) is 5.56 Å². The number of hydrazine groups is 1. The van der Waals surface area contributed by atoms with Crippen LogP contribution in [0.1, 0.15) is 16.1 Å². The van der Waals surface area contributed by atoms with Gasteiger partial charge in [-0.25, -0.2) is 10.8 Å². The largest absolute Gasteiger partial charge is 0.482 e. The smallest absolute Gasteiger partial charge is 0.270 e. The number of benzene rings is 1. The Hall–Kier alpha value is -3.66. The van der Waals surface area contributed by atoms with Gasteiger partial charge in [0.05, 0.1) is 11.9 Å². The van der Waals surface area contributed by atoms with Gasteiger partial charge < -0.3 is 20.8 Å². The van der Waals surface area contributed by atoms with Crippen molar-refractivity contribution in [2.75, 3.05) is 17.3 Å². The van der Waals surface area contributed by atoms with Crippen LogP contribution in [-0.2, 0) is 11.3 Å². The lowest BCUT2D eigenvalue weighted by atomic mass is 10.1. The highest BCUT2D eigenvalue weighted by atomic mass is 16.5. The van der Waals surface area contributed by atoms with Gasteiger partial charge in [0.25, 0.3) is 11.8 Å². The van der Waals surface area contributed by atoms with Crippen LogP contribution in [0.5, 0.6) is 5.75 Å². The molecule has 0 unspecified atom stereocenters. The zero-order valence-electron chi connectivity index (χ0n) is 13.5. The molecule has 0 aliphatic carbocycles. The molecule has 1 aliphatic rings. The first-order valence-corrected chi connectivity index (χ1v) is 7.79. The van der Waals surface area contributed by atoms with Crippen LogP contribution in [0.2, 0.25) is 0 Å². The highest BCUT2D eigenvalue weighted by Gasteiger charge is 2.17. The molecular weight excluding hydrogens is 338 g/mol. The molecule has 0 radical (unpaired) electrons. The fraction of sp³-hybridized carbons (Fsp3) is 0.125. The van der Waals surface area contributed by atoms with E-state index in [-0.39, 0.29) is 30.7 Å². The molecule has 3 heterocycles. The zero-order chi connectivity index (χ0) is 18.1. The molecule has 1 aliphatic heterocycles. The van der Waals surface area contributed by atoms with Crippen LogP contribution < -0.4 is 26.6 Å². The summed E-state index contributed by atoms with van der Waals surface area (Å²) in [6, 6.07) is 8.51. The Morgan fingerprint density at radius 2 is 2.23 bits per heavy atom. The van der Waals surface area contributed by atoms with Crippen molar-refractivity contribution in [1.82, 2.24) is 19.9 Å². The lowest BCUT2D eigenvalue weighted by Gasteiger charge is -2.18. The van der Waals surface area contributed by atoms with Gasteiger partial charge in [0.2, 0.25) is 0 Å². The van der Waals surface area contributed by atoms with Gasteiger partial charge in [-0.15, -0.1) is 0 Å². The third-order valence-electron chi connectivity index (χ3n) is 3.87. The summed E-state index contributed by atoms with van der Waals surface area (Å²) >= 11 is 0. The first kappa shape index (κ1) is 15.8. The van der Waals surface area contributed by atoms with E-state index in [0.29, 0.717) is 22.9 Å². The number of nitrogens with two attached hydrogens (primary N) is 1. The average Bonchev–Trinajstić information content (AvgIpc) is 3.13. The number of carbonyl (C=O) groups is 2. The standard InChI is InChI=1S/C16H15N7O3/c17-22-14-6-11(20-13-3-4-19-23(13)14)16(25)18-7-9-1-2-12-10(5-9)21-15(24)8-26-12/h1-6,22H,7-8,17H2,(H,18,25)(H,21,24). The molecule has 0 fully saturated rings. The molecule has 10 nitrogen and oxygen atoms in total. The van der Waals surface area contributed by atoms with Gasteiger partial charge in [0.1, 0.15) is 17.3 Å². The maximum absolute atomic E-state index is 12.4. The molecule has 132 valence electrons. The molecule has 0 saturated heterocycles. The summed E-state index contributed by atoms with van der Waals surface area (Å²) < 4.78 is 6.80. The summed E-state index contributed by atoms with van der Waals surface area (Å²) in [4.78, 5) is 28.1. The van der Waals surface area contributed by atoms with E-state index in [1.54, 1.807) is 24.4 Å². The number of nitrogen functional groups attached to an aromatic ring is 1. The predicted molar refractivity (Wildman–Crippen MR) is 92.5 cm³/mol. The van der Waals surface area contributed by atoms with E-state index < -0.39 is 0 Å². The fourth-order valence-electron chi connectivity index (χ4n) is 2.65. The van der Waals surface area contributed by atoms with Crippen LogP contribution in [-0.4, -0.2) is 33.0 Å². The summed E-state index contributed by atoms with van der Waals surface area (Å²) in [6.07, 6.45) is 1.56. The number of ether oxygens (including phenoxy) is 1. The van der Waals surface area contributed by atoms with Crippen LogP contribution >= 0.6 is 0 Å². The number of rotatable bonds is 4. The van der Waals surface area contributed by atoms with Crippen LogP contribution in [0.25, 0.3) is 5.65 Å². The molecule has 0 saturated carbocycles. The molecule has 0 atom stereocenters. The van der Waals surface area contributed by atoms with Crippen molar-refractivity contribution < 1.29 is 14.3 Å². The van der Waals surface area contributed by atoms with Crippen molar-refractivity contribution in [3.8, 4) is 5.75 Å². The Morgan fingerprint density at radius 1 is 1.35 bits per heavy atom. The average molecular weight is 353 g/mol. The Morgan fingerprint density at radius 3 is 3.08 bits per heavy atom. The minimum atomic E-state index is -0.358. The van der Waals surface area contributed by atoms with E-state index in [4.69, 9.17) is 10.6 Å². The fourth-order valence-corrected chi connectivity index (χ4v) is 2.65. The van der Waals surface area contributed by atoms with Gasteiger partial charge in [-0.2, -0.15) is 9.61 Å². The number of nitrogens with zero attached hydrogens (tertiary/aromatic N) is 3. The monoisotopic (exact) mass is 353 g/mol. The summed E-state index contributed by atoms with van der Waals surface area (Å²) in [5.41, 5.74) is 4.59. The second-order valence-corrected chi connectivity index (χ2v) is 5.62. The molecule has 26 heavy (non-hydrogen) atoms. The van der Waals surface area contributed by atoms with Crippen molar-refractivity contribution in [2.24, 2.45) is 5.84 Å². The molecule has 2 aromatic heterocycles. The number of hydrogen-bond donors (Lipinski definition) is 4. The molecule has 4 rings (SSSR count). The predicted octanol–water partition coefficient (Wildman–Crippen LogP) is 0.276. The minimum absolute atomic E-state index is 0.00331. The summed E-state index contributed by atoms with van der Waals surface area (Å²) in [5.74, 6) is 5.95. The highest BCUT2D eigenvalue weighted by molar-refractivity contribution is 5.95. The van der Waals surface area contributed by atoms with E-state index in [9.17, 15) is 9.59 Å². The second kappa shape index (κ2) is 6.33. The van der Waals surface area contributed by atoms with Crippen molar-refractivity contribution in [2.45, 2.75) is 6.54 Å². The van der Waals surface area contributed by atoms with Gasteiger partial charge in [-0.05, 0) is 17.7 Å². The number of aromatic nitrogens is 3. The van der Waals surface area contributed by atoms with E-state index >= 15 is 0 Å². The Kier molecular flexibility index (Phi) is 3.86. The van der Waals surface area contributed by atoms with Crippen molar-refractivity contribution in [3.05, 3.63) is 47.8 Å². The number of carbonyl (C=O) groups excluding carboxylic acids is 2. The van der Waals surface area contributed by atoms with Crippen LogP contribution in [0.4, 0.5) is 11.5 Å². The molecule has 1 aromatic carbocycles. The van der Waals surface area contributed by atoms with Gasteiger partial charge in [0, 0.05) is 18.7 Å². The molecule has 0 spiro atoms. The summed E-state index contributed by atoms with van der Waals surface area (Å²) in [6.45, 7) is 0.267. The second-order valence-electron chi connectivity index (χ2n) is 5.62. The number of nitrogens with one attached hydrogen (secondary N) is 3. The van der Waals surface area contributed by atoms with Crippen molar-refractivity contribution >= 4 is 29.0 Å². The Bertz CT molecular complexity index is 1010. The maximum atomic E-state index is 12.4. The molecule has 2 amide bonds. The molecular formula is C16H15N7O3. The van der Waals surface area contributed by atoms with E-state index in [1.807, 2.05) is 6.07 Å². The van der Waals surface area contributed by atoms with Gasteiger partial charge in [-0.3, -0.25) is 9.59 Å². The van der Waals surface area contributed by atoms with Crippen LogP contribution in [0, 0.1) is 0 Å². The first-order chi connectivity index (χ1) is 12.6. The van der Waals surface area contributed by atoms with Crippen molar-refractivity contribution in [1.29, 1.82) is 0 Å². The number of anilines is 2. The normalized spacial score (nSPS) is 12.9. The number of hydrogen-bond acceptors (Lipinski definition) is 7. The molecule has 10 heteroatoms. The molecule has 5 N–H and O–H groups in total. The lowest BCUT2D eigenvalue weighted by molar-refractivity contribution is -0.118. The zero-order valence-corrected chi connectivity index (χ0v) is 13.5. The molecule has 0 bridgehead atoms. The Labute approximate surface area is 147 Å². The van der Waals surface area contributed by atoms with Gasteiger partial charge >= 0.3 is 0 Å². The highest BCUT2D eigenvalue weighted by Crippen LogP contribution is 2.28. The number of amides is 2. The lowest BCUT2D eigenvalue weighted by Crippen LogP contribution is -2.26. The van der Waals surface area contributed by atoms with Crippen molar-refractivity contribution in [3.63, 3.8) is 0 Å². The van der Waals surface area contributed by atoms with Gasteiger partial charge in [0.15, 0.2) is 12.3 Å². The number of fused-ring (bicyclic) bond motifs is 2. The summed E-state index contributed by atoms with van der Waals surface area (Å²) in [5, 5.41) is 9.58. The van der Waals surface area contributed by atoms with E-state index in [2.05, 4.69) is 26.1 Å². The maximum Gasteiger partial charge on any atom is 0.270 e. The SMILES string of the molecule is NNc1cc(C(=O)NCc2ccc3c(c2)NC(=O)CO3)nc2ccnn12. The quantitative estimate of drug-likeness (QED) is 0.390. The molecule has 3 aromatic rings. The van der Waals surface area contributed by atoms with Crippen LogP contribution in [0.3, 0.4) is 0 Å². The van der Waals surface area contributed by atoms with Crippen LogP contribution in [0.15, 0.2) is 36.5 Å². The minimum Gasteiger partial charge on any atom is -0.482 e. The Balaban J connectivity index is 1.50. The van der Waals surface area contributed by atoms with E-state index in [1.165, 1.54) is 10.6 Å². The van der Waals surface area contributed by atoms with Gasteiger partial charge in [-0.1, -0.05) is 6.07 Å². The third kappa shape index (κ3) is 2.89. The topological polar surface area (TPSA) is 136 Å². The third-order valence-corrected chi connectivity index (χ3v) is 3.87.